The summed E-state index contributed by atoms with van der Waals surface area (Å²) >= 11 is 0. The van der Waals surface area contributed by atoms with Crippen LogP contribution in [0.5, 0.6) is 5.75 Å². The Morgan fingerprint density at radius 1 is 1.21 bits per heavy atom. The number of ketones is 1. The quantitative estimate of drug-likeness (QED) is 0.533. The van der Waals surface area contributed by atoms with E-state index in [0.717, 1.165) is 36.6 Å². The molecule has 34 heavy (non-hydrogen) atoms. The molecule has 1 aliphatic carbocycles. The van der Waals surface area contributed by atoms with Gasteiger partial charge in [0.05, 0.1) is 6.61 Å². The van der Waals surface area contributed by atoms with Crippen LogP contribution < -0.4 is 10.1 Å². The Morgan fingerprint density at radius 3 is 2.50 bits per heavy atom. The number of Topliss-reactive ketones (excluding diaryl/α,β-unsaturated/α-hetero) is 1. The minimum atomic E-state index is -4.64. The van der Waals surface area contributed by atoms with E-state index >= 15 is 0 Å². The molecule has 8 heteroatoms. The van der Waals surface area contributed by atoms with E-state index in [4.69, 9.17) is 14.5 Å². The topological polar surface area (TPSA) is 68.3 Å². The van der Waals surface area contributed by atoms with Gasteiger partial charge in [0.1, 0.15) is 17.4 Å². The number of nitrogens with one attached hydrogen (secondary N) is 1. The Kier molecular flexibility index (Phi) is 8.00. The SMILES string of the molecule is CC(=O)CC1C(c2ccc(OCCc3ccc4c(n3)NCCC4)cc2)C1(C)C.O=CC(F)(F)F. The highest BCUT2D eigenvalue weighted by molar-refractivity contribution is 5.76. The van der Waals surface area contributed by atoms with Crippen LogP contribution in [0, 0.1) is 11.3 Å². The summed E-state index contributed by atoms with van der Waals surface area (Å²) in [5, 5.41) is 3.38. The van der Waals surface area contributed by atoms with Crippen LogP contribution >= 0.6 is 0 Å². The molecule has 0 amide bonds. The molecule has 2 heterocycles. The minimum Gasteiger partial charge on any atom is -0.493 e. The first-order valence-electron chi connectivity index (χ1n) is 11.5. The molecule has 2 unspecified atom stereocenters. The predicted octanol–water partition coefficient (Wildman–Crippen LogP) is 5.53. The molecular formula is C26H31F3N2O3. The lowest BCUT2D eigenvalue weighted by Gasteiger charge is -2.17. The van der Waals surface area contributed by atoms with Crippen molar-refractivity contribution in [2.24, 2.45) is 11.3 Å². The van der Waals surface area contributed by atoms with Crippen molar-refractivity contribution < 1.29 is 27.5 Å². The van der Waals surface area contributed by atoms with Gasteiger partial charge in [0.2, 0.25) is 6.29 Å². The van der Waals surface area contributed by atoms with Crippen LogP contribution in [0.2, 0.25) is 0 Å². The Morgan fingerprint density at radius 2 is 1.88 bits per heavy atom. The number of alkyl halides is 3. The summed E-state index contributed by atoms with van der Waals surface area (Å²) in [4.78, 5) is 24.9. The molecular weight excluding hydrogens is 445 g/mol. The van der Waals surface area contributed by atoms with Gasteiger partial charge in [-0.05, 0) is 66.3 Å². The lowest BCUT2D eigenvalue weighted by molar-refractivity contribution is -0.156. The molecule has 1 aliphatic heterocycles. The van der Waals surface area contributed by atoms with Crippen molar-refractivity contribution in [1.82, 2.24) is 4.98 Å². The van der Waals surface area contributed by atoms with Crippen molar-refractivity contribution in [1.29, 1.82) is 0 Å². The van der Waals surface area contributed by atoms with Crippen LogP contribution in [0.25, 0.3) is 0 Å². The minimum absolute atomic E-state index is 0.209. The second-order valence-corrected chi connectivity index (χ2v) is 9.48. The number of benzene rings is 1. The lowest BCUT2D eigenvalue weighted by atomic mass is 10.0. The third-order valence-corrected chi connectivity index (χ3v) is 6.51. The number of aryl methyl sites for hydroxylation is 1. The fourth-order valence-corrected chi connectivity index (χ4v) is 4.65. The van der Waals surface area contributed by atoms with Crippen molar-refractivity contribution in [3.05, 3.63) is 53.2 Å². The fourth-order valence-electron chi connectivity index (χ4n) is 4.65. The average Bonchev–Trinajstić information content (AvgIpc) is 3.32. The predicted molar refractivity (Wildman–Crippen MR) is 124 cm³/mol. The number of halogens is 3. The van der Waals surface area contributed by atoms with Crippen molar-refractivity contribution in [3.63, 3.8) is 0 Å². The van der Waals surface area contributed by atoms with E-state index in [-0.39, 0.29) is 11.2 Å². The molecule has 1 N–H and O–H groups in total. The van der Waals surface area contributed by atoms with Gasteiger partial charge in [-0.15, -0.1) is 0 Å². The Balaban J connectivity index is 0.000000481. The second kappa shape index (κ2) is 10.6. The van der Waals surface area contributed by atoms with E-state index < -0.39 is 12.5 Å². The fraction of sp³-hybridized carbons (Fsp3) is 0.500. The van der Waals surface area contributed by atoms with Crippen LogP contribution in [-0.4, -0.2) is 36.4 Å². The van der Waals surface area contributed by atoms with Gasteiger partial charge in [-0.1, -0.05) is 32.0 Å². The maximum absolute atomic E-state index is 11.5. The van der Waals surface area contributed by atoms with E-state index in [0.29, 0.717) is 24.9 Å². The molecule has 0 bridgehead atoms. The first-order valence-corrected chi connectivity index (χ1v) is 11.5. The number of aldehydes is 1. The van der Waals surface area contributed by atoms with Gasteiger partial charge >= 0.3 is 6.18 Å². The summed E-state index contributed by atoms with van der Waals surface area (Å²) in [5.74, 6) is 3.14. The molecule has 1 aromatic heterocycles. The van der Waals surface area contributed by atoms with Crippen molar-refractivity contribution in [2.75, 3.05) is 18.5 Å². The van der Waals surface area contributed by atoms with E-state index in [2.05, 4.69) is 55.6 Å². The first-order chi connectivity index (χ1) is 16.0. The first kappa shape index (κ1) is 25.7. The Hall–Kier alpha value is -2.90. The van der Waals surface area contributed by atoms with E-state index in [9.17, 15) is 18.0 Å². The summed E-state index contributed by atoms with van der Waals surface area (Å²) in [5.41, 5.74) is 3.90. The lowest BCUT2D eigenvalue weighted by Crippen LogP contribution is -2.14. The standard InChI is InChI=1S/C24H30N2O2.C2HF3O/c1-16(27)15-21-22(24(21,2)3)17-7-10-20(11-8-17)28-14-12-19-9-6-18-5-4-13-25-23(18)26-19;3-2(4,5)1-6/h6-11,21-22H,4-5,12-15H2,1-3H3,(H,25,26);1H. The number of anilines is 1. The number of carbonyl (C=O) groups is 2. The number of nitrogens with zero attached hydrogens (tertiary/aromatic N) is 1. The molecule has 1 aromatic carbocycles. The average molecular weight is 477 g/mol. The smallest absolute Gasteiger partial charge is 0.446 e. The van der Waals surface area contributed by atoms with Crippen molar-refractivity contribution >= 4 is 17.9 Å². The van der Waals surface area contributed by atoms with Gasteiger partial charge in [-0.25, -0.2) is 4.98 Å². The number of pyridine rings is 1. The molecule has 0 spiro atoms. The number of carbonyl (C=O) groups excluding carboxylic acids is 2. The summed E-state index contributed by atoms with van der Waals surface area (Å²) in [6.45, 7) is 7.84. The zero-order valence-corrected chi connectivity index (χ0v) is 19.7. The summed E-state index contributed by atoms with van der Waals surface area (Å²) < 4.78 is 37.2. The summed E-state index contributed by atoms with van der Waals surface area (Å²) in [7, 11) is 0. The maximum atomic E-state index is 11.5. The monoisotopic (exact) mass is 476 g/mol. The van der Waals surface area contributed by atoms with Crippen LogP contribution in [0.1, 0.15) is 56.4 Å². The number of ether oxygens (including phenoxy) is 1. The molecule has 2 atom stereocenters. The molecule has 4 rings (SSSR count). The number of aromatic nitrogens is 1. The Bertz CT molecular complexity index is 1000. The van der Waals surface area contributed by atoms with Gasteiger partial charge in [0.15, 0.2) is 0 Å². The van der Waals surface area contributed by atoms with E-state index in [1.54, 1.807) is 6.92 Å². The normalized spacial score (nSPS) is 20.2. The molecule has 2 aromatic rings. The van der Waals surface area contributed by atoms with Crippen LogP contribution in [0.15, 0.2) is 36.4 Å². The van der Waals surface area contributed by atoms with Crippen LogP contribution in [0.3, 0.4) is 0 Å². The molecule has 2 aliphatic rings. The molecule has 5 nitrogen and oxygen atoms in total. The summed E-state index contributed by atoms with van der Waals surface area (Å²) in [6, 6.07) is 12.7. The Labute approximate surface area is 198 Å². The number of hydrogen-bond acceptors (Lipinski definition) is 5. The highest BCUT2D eigenvalue weighted by Gasteiger charge is 2.58. The zero-order valence-electron chi connectivity index (χ0n) is 19.7. The third-order valence-electron chi connectivity index (χ3n) is 6.51. The number of rotatable bonds is 7. The molecule has 1 saturated carbocycles. The van der Waals surface area contributed by atoms with Gasteiger partial charge < -0.3 is 14.8 Å². The summed E-state index contributed by atoms with van der Waals surface area (Å²) in [6.07, 6.45) is -1.93. The molecule has 0 radical (unpaired) electrons. The van der Waals surface area contributed by atoms with Crippen molar-refractivity contribution in [2.45, 2.75) is 58.5 Å². The number of fused-ring (bicyclic) bond motifs is 1. The van der Waals surface area contributed by atoms with Crippen molar-refractivity contribution in [3.8, 4) is 5.75 Å². The van der Waals surface area contributed by atoms with Gasteiger partial charge in [-0.2, -0.15) is 13.2 Å². The van der Waals surface area contributed by atoms with Gasteiger partial charge in [0, 0.05) is 25.1 Å². The van der Waals surface area contributed by atoms with E-state index in [1.165, 1.54) is 17.5 Å². The van der Waals surface area contributed by atoms with Gasteiger partial charge in [-0.3, -0.25) is 4.79 Å². The highest BCUT2D eigenvalue weighted by atomic mass is 19.4. The zero-order chi connectivity index (χ0) is 24.9. The second-order valence-electron chi connectivity index (χ2n) is 9.48. The molecule has 1 fully saturated rings. The van der Waals surface area contributed by atoms with Crippen LogP contribution in [0.4, 0.5) is 19.0 Å². The van der Waals surface area contributed by atoms with E-state index in [1.807, 2.05) is 0 Å². The third kappa shape index (κ3) is 6.81. The molecule has 0 saturated heterocycles. The molecule has 184 valence electrons. The maximum Gasteiger partial charge on any atom is 0.446 e. The number of hydrogen-bond donors (Lipinski definition) is 1. The largest absolute Gasteiger partial charge is 0.493 e. The highest BCUT2D eigenvalue weighted by Crippen LogP contribution is 2.65. The van der Waals surface area contributed by atoms with Crippen LogP contribution in [-0.2, 0) is 22.4 Å². The van der Waals surface area contributed by atoms with Gasteiger partial charge in [0.25, 0.3) is 0 Å².